The molecule has 27 heavy (non-hydrogen) atoms. The highest BCUT2D eigenvalue weighted by Crippen LogP contribution is 2.24. The van der Waals surface area contributed by atoms with Crippen molar-refractivity contribution in [3.05, 3.63) is 23.0 Å². The standard InChI is InChI=1S/C18H21N3O3S3/c1-4-9-21-15-8-7-14(25-2)11-16(15)26-18(21)19-17(22)13-6-5-10-20(12-13)27(3,23)24/h1,7-8,11,13H,5-6,9-10,12H2,2-3H3. The van der Waals surface area contributed by atoms with Gasteiger partial charge in [-0.2, -0.15) is 4.99 Å². The normalized spacial score (nSPS) is 19.3. The summed E-state index contributed by atoms with van der Waals surface area (Å²) in [5, 5.41) is 0. The summed E-state index contributed by atoms with van der Waals surface area (Å²) in [5.74, 6) is 1.91. The van der Waals surface area contributed by atoms with E-state index in [9.17, 15) is 13.2 Å². The summed E-state index contributed by atoms with van der Waals surface area (Å²) in [6.07, 6.45) is 9.99. The first-order chi connectivity index (χ1) is 12.8. The van der Waals surface area contributed by atoms with Gasteiger partial charge >= 0.3 is 0 Å². The van der Waals surface area contributed by atoms with Gasteiger partial charge in [-0.25, -0.2) is 12.7 Å². The van der Waals surface area contributed by atoms with Gasteiger partial charge in [0.2, 0.25) is 10.0 Å². The lowest BCUT2D eigenvalue weighted by atomic mass is 9.99. The van der Waals surface area contributed by atoms with Crippen LogP contribution in [0.25, 0.3) is 10.2 Å². The zero-order valence-electron chi connectivity index (χ0n) is 15.2. The SMILES string of the molecule is C#CCn1c(=NC(=O)C2CCCN(S(C)(=O)=O)C2)sc2cc(SC)ccc21. The first kappa shape index (κ1) is 20.1. The predicted octanol–water partition coefficient (Wildman–Crippen LogP) is 2.16. The van der Waals surface area contributed by atoms with E-state index in [2.05, 4.69) is 17.0 Å². The Kier molecular flexibility index (Phi) is 6.11. The van der Waals surface area contributed by atoms with Crippen LogP contribution in [-0.4, -0.2) is 48.8 Å². The maximum atomic E-state index is 12.7. The van der Waals surface area contributed by atoms with Gasteiger partial charge in [-0.05, 0) is 37.3 Å². The third-order valence-electron chi connectivity index (χ3n) is 4.55. The van der Waals surface area contributed by atoms with E-state index in [1.54, 1.807) is 11.8 Å². The molecule has 1 aromatic carbocycles. The van der Waals surface area contributed by atoms with Crippen molar-refractivity contribution in [2.45, 2.75) is 24.3 Å². The number of hydrogen-bond donors (Lipinski definition) is 0. The van der Waals surface area contributed by atoms with Crippen LogP contribution in [0, 0.1) is 18.3 Å². The topological polar surface area (TPSA) is 71.7 Å². The lowest BCUT2D eigenvalue weighted by molar-refractivity contribution is -0.122. The first-order valence-electron chi connectivity index (χ1n) is 8.48. The third kappa shape index (κ3) is 4.46. The van der Waals surface area contributed by atoms with Crippen LogP contribution in [0.2, 0.25) is 0 Å². The van der Waals surface area contributed by atoms with Gasteiger partial charge in [0.25, 0.3) is 5.91 Å². The number of benzene rings is 1. The van der Waals surface area contributed by atoms with E-state index in [0.29, 0.717) is 30.7 Å². The Balaban J connectivity index is 1.98. The van der Waals surface area contributed by atoms with Crippen molar-refractivity contribution >= 4 is 49.2 Å². The summed E-state index contributed by atoms with van der Waals surface area (Å²) in [5.41, 5.74) is 0.948. The summed E-state index contributed by atoms with van der Waals surface area (Å²) in [6, 6.07) is 6.07. The van der Waals surface area contributed by atoms with Gasteiger partial charge in [0.15, 0.2) is 4.80 Å². The zero-order valence-corrected chi connectivity index (χ0v) is 17.7. The fraction of sp³-hybridized carbons (Fsp3) is 0.444. The number of piperidine rings is 1. The highest BCUT2D eigenvalue weighted by Gasteiger charge is 2.30. The predicted molar refractivity (Wildman–Crippen MR) is 110 cm³/mol. The highest BCUT2D eigenvalue weighted by molar-refractivity contribution is 7.98. The third-order valence-corrected chi connectivity index (χ3v) is 7.58. The summed E-state index contributed by atoms with van der Waals surface area (Å²) >= 11 is 3.08. The molecule has 1 aliphatic heterocycles. The van der Waals surface area contributed by atoms with Crippen LogP contribution >= 0.6 is 23.1 Å². The van der Waals surface area contributed by atoms with Gasteiger partial charge in [-0.3, -0.25) is 4.79 Å². The minimum Gasteiger partial charge on any atom is -0.305 e. The van der Waals surface area contributed by atoms with Crippen LogP contribution in [0.1, 0.15) is 12.8 Å². The second-order valence-electron chi connectivity index (χ2n) is 6.42. The van der Waals surface area contributed by atoms with Crippen LogP contribution in [-0.2, 0) is 21.4 Å². The molecular formula is C18H21N3O3S3. The molecule has 1 amide bonds. The molecule has 1 saturated heterocycles. The Hall–Kier alpha value is -1.60. The molecule has 0 spiro atoms. The van der Waals surface area contributed by atoms with Gasteiger partial charge in [-0.1, -0.05) is 17.3 Å². The average Bonchev–Trinajstić information content (AvgIpc) is 2.97. The molecule has 0 N–H and O–H groups in total. The molecule has 2 aromatic rings. The van der Waals surface area contributed by atoms with E-state index in [0.717, 1.165) is 15.1 Å². The van der Waals surface area contributed by atoms with Crippen molar-refractivity contribution in [1.82, 2.24) is 8.87 Å². The zero-order chi connectivity index (χ0) is 19.6. The molecule has 1 atom stereocenters. The van der Waals surface area contributed by atoms with Gasteiger partial charge in [-0.15, -0.1) is 18.2 Å². The molecule has 144 valence electrons. The van der Waals surface area contributed by atoms with Gasteiger partial charge in [0, 0.05) is 18.0 Å². The molecule has 1 unspecified atom stereocenters. The summed E-state index contributed by atoms with van der Waals surface area (Å²) < 4.78 is 27.8. The van der Waals surface area contributed by atoms with Crippen molar-refractivity contribution < 1.29 is 13.2 Å². The van der Waals surface area contributed by atoms with Crippen molar-refractivity contribution in [2.75, 3.05) is 25.6 Å². The summed E-state index contributed by atoms with van der Waals surface area (Å²) in [6.45, 7) is 0.975. The molecule has 2 heterocycles. The summed E-state index contributed by atoms with van der Waals surface area (Å²) in [7, 11) is -3.30. The maximum Gasteiger partial charge on any atom is 0.252 e. The first-order valence-corrected chi connectivity index (χ1v) is 12.4. The largest absolute Gasteiger partial charge is 0.305 e. The van der Waals surface area contributed by atoms with Crippen LogP contribution in [0.3, 0.4) is 0 Å². The molecule has 0 aliphatic carbocycles. The van der Waals surface area contributed by atoms with Gasteiger partial charge in [0.05, 0.1) is 28.9 Å². The molecule has 6 nitrogen and oxygen atoms in total. The number of sulfonamides is 1. The van der Waals surface area contributed by atoms with Crippen molar-refractivity contribution in [3.8, 4) is 12.3 Å². The summed E-state index contributed by atoms with van der Waals surface area (Å²) in [4.78, 5) is 18.8. The molecule has 3 rings (SSSR count). The van der Waals surface area contributed by atoms with Crippen LogP contribution < -0.4 is 4.80 Å². The lowest BCUT2D eigenvalue weighted by Crippen LogP contribution is -2.41. The number of fused-ring (bicyclic) bond motifs is 1. The van der Waals surface area contributed by atoms with E-state index in [1.165, 1.54) is 21.9 Å². The maximum absolute atomic E-state index is 12.7. The number of amides is 1. The number of thioether (sulfide) groups is 1. The van der Waals surface area contributed by atoms with Gasteiger partial charge < -0.3 is 4.57 Å². The average molecular weight is 424 g/mol. The minimum absolute atomic E-state index is 0.192. The minimum atomic E-state index is -3.30. The molecule has 9 heteroatoms. The Morgan fingerprint density at radius 1 is 1.48 bits per heavy atom. The Morgan fingerprint density at radius 3 is 2.93 bits per heavy atom. The number of thiazole rings is 1. The van der Waals surface area contributed by atoms with Crippen molar-refractivity contribution in [1.29, 1.82) is 0 Å². The fourth-order valence-corrected chi connectivity index (χ4v) is 5.64. The number of aromatic nitrogens is 1. The Morgan fingerprint density at radius 2 is 2.26 bits per heavy atom. The van der Waals surface area contributed by atoms with Crippen molar-refractivity contribution in [3.63, 3.8) is 0 Å². The van der Waals surface area contributed by atoms with Crippen LogP contribution in [0.4, 0.5) is 0 Å². The monoisotopic (exact) mass is 423 g/mol. The van der Waals surface area contributed by atoms with Crippen LogP contribution in [0.5, 0.6) is 0 Å². The smallest absolute Gasteiger partial charge is 0.252 e. The fourth-order valence-electron chi connectivity index (χ4n) is 3.14. The number of carbonyl (C=O) groups is 1. The lowest BCUT2D eigenvalue weighted by Gasteiger charge is -2.28. The van der Waals surface area contributed by atoms with E-state index < -0.39 is 15.9 Å². The molecule has 1 fully saturated rings. The Bertz CT molecular complexity index is 1080. The highest BCUT2D eigenvalue weighted by atomic mass is 32.2. The van der Waals surface area contributed by atoms with Crippen molar-refractivity contribution in [2.24, 2.45) is 10.9 Å². The number of carbonyl (C=O) groups excluding carboxylic acids is 1. The molecular weight excluding hydrogens is 402 g/mol. The number of hydrogen-bond acceptors (Lipinski definition) is 5. The Labute approximate surface area is 167 Å². The molecule has 0 saturated carbocycles. The molecule has 1 aliphatic rings. The van der Waals surface area contributed by atoms with E-state index in [4.69, 9.17) is 6.42 Å². The van der Waals surface area contributed by atoms with Gasteiger partial charge in [0.1, 0.15) is 0 Å². The second kappa shape index (κ2) is 8.19. The number of terminal acetylenes is 1. The molecule has 0 radical (unpaired) electrons. The quantitative estimate of drug-likeness (QED) is 0.558. The molecule has 0 bridgehead atoms. The van der Waals surface area contributed by atoms with E-state index in [1.807, 2.05) is 23.0 Å². The number of rotatable bonds is 4. The van der Waals surface area contributed by atoms with Crippen LogP contribution in [0.15, 0.2) is 28.1 Å². The van der Waals surface area contributed by atoms with E-state index >= 15 is 0 Å². The van der Waals surface area contributed by atoms with E-state index in [-0.39, 0.29) is 12.5 Å². The number of nitrogens with zero attached hydrogens (tertiary/aromatic N) is 3. The molecule has 1 aromatic heterocycles. The second-order valence-corrected chi connectivity index (χ2v) is 10.3.